The van der Waals surface area contributed by atoms with E-state index in [0.717, 1.165) is 52.0 Å². The summed E-state index contributed by atoms with van der Waals surface area (Å²) in [5, 5.41) is 9.43. The van der Waals surface area contributed by atoms with E-state index in [1.54, 1.807) is 0 Å². The van der Waals surface area contributed by atoms with Crippen molar-refractivity contribution in [2.45, 2.75) is 49.8 Å². The van der Waals surface area contributed by atoms with Crippen LogP contribution in [0.2, 0.25) is 0 Å². The number of rotatable bonds is 2. The first-order chi connectivity index (χ1) is 8.33. The normalized spacial score (nSPS) is 43.6. The Balaban J connectivity index is 1.67. The highest BCUT2D eigenvalue weighted by Gasteiger charge is 2.44. The van der Waals surface area contributed by atoms with Crippen molar-refractivity contribution in [2.24, 2.45) is 0 Å². The fraction of sp³-hybridized carbons (Fsp3) is 1.00. The van der Waals surface area contributed by atoms with E-state index < -0.39 is 0 Å². The molecular weight excluding hydrogens is 218 g/mol. The zero-order chi connectivity index (χ0) is 11.7. The second-order valence-electron chi connectivity index (χ2n) is 5.70. The van der Waals surface area contributed by atoms with Gasteiger partial charge in [0.2, 0.25) is 0 Å². The SMILES string of the molecule is OC[C@@H]1CCCN1C1CCOC2(CCOC2)C1. The van der Waals surface area contributed by atoms with Gasteiger partial charge in [0.1, 0.15) is 0 Å². The van der Waals surface area contributed by atoms with E-state index in [-0.39, 0.29) is 5.60 Å². The Bertz CT molecular complexity index is 265. The molecule has 0 saturated carbocycles. The van der Waals surface area contributed by atoms with Crippen molar-refractivity contribution in [2.75, 3.05) is 33.0 Å². The standard InChI is InChI=1S/C13H23NO3/c15-9-12-2-1-5-14(12)11-3-6-17-13(8-11)4-7-16-10-13/h11-12,15H,1-10H2/t11?,12-,13?/m0/s1. The summed E-state index contributed by atoms with van der Waals surface area (Å²) in [7, 11) is 0. The molecule has 17 heavy (non-hydrogen) atoms. The van der Waals surface area contributed by atoms with Crippen LogP contribution in [0.1, 0.15) is 32.1 Å². The van der Waals surface area contributed by atoms with E-state index >= 15 is 0 Å². The van der Waals surface area contributed by atoms with Crippen molar-refractivity contribution in [1.29, 1.82) is 0 Å². The third-order valence-electron chi connectivity index (χ3n) is 4.64. The average Bonchev–Trinajstić information content (AvgIpc) is 2.98. The Labute approximate surface area is 103 Å². The van der Waals surface area contributed by atoms with Gasteiger partial charge in [-0.3, -0.25) is 4.90 Å². The molecule has 0 radical (unpaired) electrons. The van der Waals surface area contributed by atoms with Crippen LogP contribution >= 0.6 is 0 Å². The molecule has 1 spiro atoms. The van der Waals surface area contributed by atoms with Crippen LogP contribution in [0.15, 0.2) is 0 Å². The van der Waals surface area contributed by atoms with Gasteiger partial charge in [0.15, 0.2) is 0 Å². The Hall–Kier alpha value is -0.160. The maximum absolute atomic E-state index is 9.43. The molecule has 0 aromatic rings. The maximum Gasteiger partial charge on any atom is 0.0951 e. The molecular formula is C13H23NO3. The Morgan fingerprint density at radius 2 is 2.24 bits per heavy atom. The first kappa shape index (κ1) is 11.9. The van der Waals surface area contributed by atoms with Gasteiger partial charge in [-0.2, -0.15) is 0 Å². The molecule has 0 aromatic carbocycles. The summed E-state index contributed by atoms with van der Waals surface area (Å²) in [4.78, 5) is 2.52. The third-order valence-corrected chi connectivity index (χ3v) is 4.64. The molecule has 4 nitrogen and oxygen atoms in total. The van der Waals surface area contributed by atoms with E-state index in [4.69, 9.17) is 9.47 Å². The highest BCUT2D eigenvalue weighted by molar-refractivity contribution is 4.96. The molecule has 0 aliphatic carbocycles. The van der Waals surface area contributed by atoms with Gasteiger partial charge in [0.05, 0.1) is 18.8 Å². The summed E-state index contributed by atoms with van der Waals surface area (Å²) in [5.74, 6) is 0. The number of likely N-dealkylation sites (tertiary alicyclic amines) is 1. The summed E-state index contributed by atoms with van der Waals surface area (Å²) in [6.45, 7) is 3.91. The first-order valence-corrected chi connectivity index (χ1v) is 6.91. The van der Waals surface area contributed by atoms with Crippen LogP contribution in [0.5, 0.6) is 0 Å². The molecule has 2 unspecified atom stereocenters. The Morgan fingerprint density at radius 3 is 3.00 bits per heavy atom. The highest BCUT2D eigenvalue weighted by Crippen LogP contribution is 2.36. The number of nitrogens with zero attached hydrogens (tertiary/aromatic N) is 1. The van der Waals surface area contributed by atoms with Crippen LogP contribution in [0, 0.1) is 0 Å². The molecule has 0 bridgehead atoms. The largest absolute Gasteiger partial charge is 0.395 e. The van der Waals surface area contributed by atoms with Crippen LogP contribution in [0.4, 0.5) is 0 Å². The van der Waals surface area contributed by atoms with Crippen molar-refractivity contribution >= 4 is 0 Å². The molecule has 98 valence electrons. The predicted octanol–water partition coefficient (Wildman–Crippen LogP) is 0.781. The highest BCUT2D eigenvalue weighted by atomic mass is 16.6. The Kier molecular flexibility index (Phi) is 3.39. The molecule has 3 aliphatic rings. The van der Waals surface area contributed by atoms with Crippen LogP contribution in [-0.4, -0.2) is 60.7 Å². The number of ether oxygens (including phenoxy) is 2. The lowest BCUT2D eigenvalue weighted by Crippen LogP contribution is -2.51. The molecule has 3 atom stereocenters. The summed E-state index contributed by atoms with van der Waals surface area (Å²) in [5.41, 5.74) is -0.00842. The summed E-state index contributed by atoms with van der Waals surface area (Å²) < 4.78 is 11.5. The van der Waals surface area contributed by atoms with Crippen LogP contribution in [0.3, 0.4) is 0 Å². The Morgan fingerprint density at radius 1 is 1.29 bits per heavy atom. The van der Waals surface area contributed by atoms with Gasteiger partial charge in [-0.15, -0.1) is 0 Å². The predicted molar refractivity (Wildman–Crippen MR) is 64.0 cm³/mol. The van der Waals surface area contributed by atoms with E-state index in [1.165, 1.54) is 6.42 Å². The minimum atomic E-state index is -0.00842. The molecule has 0 amide bonds. The van der Waals surface area contributed by atoms with Crippen LogP contribution in [0.25, 0.3) is 0 Å². The van der Waals surface area contributed by atoms with Crippen molar-refractivity contribution in [1.82, 2.24) is 4.90 Å². The minimum Gasteiger partial charge on any atom is -0.395 e. The first-order valence-electron chi connectivity index (χ1n) is 6.91. The second-order valence-corrected chi connectivity index (χ2v) is 5.70. The monoisotopic (exact) mass is 241 g/mol. The second kappa shape index (κ2) is 4.84. The molecule has 1 N–H and O–H groups in total. The molecule has 3 heterocycles. The lowest BCUT2D eigenvalue weighted by Gasteiger charge is -2.42. The van der Waals surface area contributed by atoms with Gasteiger partial charge in [0, 0.05) is 31.7 Å². The molecule has 0 aromatic heterocycles. The van der Waals surface area contributed by atoms with Gasteiger partial charge >= 0.3 is 0 Å². The minimum absolute atomic E-state index is 0.00842. The lowest BCUT2D eigenvalue weighted by molar-refractivity contribution is -0.109. The van der Waals surface area contributed by atoms with Gasteiger partial charge in [-0.25, -0.2) is 0 Å². The average molecular weight is 241 g/mol. The van der Waals surface area contributed by atoms with Crippen LogP contribution < -0.4 is 0 Å². The molecule has 4 heteroatoms. The van der Waals surface area contributed by atoms with E-state index in [0.29, 0.717) is 18.7 Å². The fourth-order valence-electron chi connectivity index (χ4n) is 3.68. The molecule has 3 rings (SSSR count). The topological polar surface area (TPSA) is 41.9 Å². The summed E-state index contributed by atoms with van der Waals surface area (Å²) >= 11 is 0. The summed E-state index contributed by atoms with van der Waals surface area (Å²) in [6, 6.07) is 0.975. The van der Waals surface area contributed by atoms with Gasteiger partial charge in [-0.1, -0.05) is 0 Å². The fourth-order valence-corrected chi connectivity index (χ4v) is 3.68. The zero-order valence-corrected chi connectivity index (χ0v) is 10.4. The van der Waals surface area contributed by atoms with Gasteiger partial charge in [0.25, 0.3) is 0 Å². The maximum atomic E-state index is 9.43. The van der Waals surface area contributed by atoms with E-state index in [2.05, 4.69) is 4.90 Å². The van der Waals surface area contributed by atoms with Crippen molar-refractivity contribution in [3.05, 3.63) is 0 Å². The van der Waals surface area contributed by atoms with Crippen molar-refractivity contribution in [3.8, 4) is 0 Å². The number of aliphatic hydroxyl groups excluding tert-OH is 1. The van der Waals surface area contributed by atoms with Gasteiger partial charge < -0.3 is 14.6 Å². The number of hydrogen-bond donors (Lipinski definition) is 1. The number of hydrogen-bond acceptors (Lipinski definition) is 4. The lowest BCUT2D eigenvalue weighted by atomic mass is 9.88. The van der Waals surface area contributed by atoms with E-state index in [1.807, 2.05) is 0 Å². The van der Waals surface area contributed by atoms with Crippen molar-refractivity contribution < 1.29 is 14.6 Å². The smallest absolute Gasteiger partial charge is 0.0951 e. The molecule has 3 saturated heterocycles. The van der Waals surface area contributed by atoms with Crippen LogP contribution in [-0.2, 0) is 9.47 Å². The molecule has 3 aliphatic heterocycles. The third kappa shape index (κ3) is 2.24. The quantitative estimate of drug-likeness (QED) is 0.776. The molecule has 3 fully saturated rings. The van der Waals surface area contributed by atoms with E-state index in [9.17, 15) is 5.11 Å². The van der Waals surface area contributed by atoms with Crippen molar-refractivity contribution in [3.63, 3.8) is 0 Å². The zero-order valence-electron chi connectivity index (χ0n) is 10.4. The van der Waals surface area contributed by atoms with Gasteiger partial charge in [-0.05, 0) is 32.2 Å². The number of aliphatic hydroxyl groups is 1. The summed E-state index contributed by atoms with van der Waals surface area (Å²) in [6.07, 6.45) is 5.62.